The van der Waals surface area contributed by atoms with Gasteiger partial charge in [-0.05, 0) is 27.6 Å². The normalized spacial score (nSPS) is 11.1. The predicted octanol–water partition coefficient (Wildman–Crippen LogP) is 1.57. The lowest BCUT2D eigenvalue weighted by molar-refractivity contribution is -0.404. The lowest BCUT2D eigenvalue weighted by Gasteiger charge is -2.19. The van der Waals surface area contributed by atoms with E-state index in [9.17, 15) is 10.1 Å². The molecule has 6 nitrogen and oxygen atoms in total. The van der Waals surface area contributed by atoms with Crippen LogP contribution in [-0.4, -0.2) is 28.9 Å². The van der Waals surface area contributed by atoms with Crippen molar-refractivity contribution < 1.29 is 4.92 Å². The molecule has 7 heteroatoms. The van der Waals surface area contributed by atoms with E-state index >= 15 is 0 Å². The molecule has 92 valence electrons. The molecule has 0 spiro atoms. The number of nitrogens with one attached hydrogen (secondary N) is 1. The molecule has 0 radical (unpaired) electrons. The van der Waals surface area contributed by atoms with Crippen molar-refractivity contribution in [3.63, 3.8) is 0 Å². The van der Waals surface area contributed by atoms with Gasteiger partial charge in [0.1, 0.15) is 4.60 Å². The van der Waals surface area contributed by atoms with E-state index in [-0.39, 0.29) is 0 Å². The van der Waals surface area contributed by atoms with Crippen LogP contribution in [0.1, 0.15) is 5.56 Å². The fourth-order valence-corrected chi connectivity index (χ4v) is 1.55. The van der Waals surface area contributed by atoms with Crippen LogP contribution in [0.2, 0.25) is 0 Å². The maximum Gasteiger partial charge on any atom is 0.274 e. The van der Waals surface area contributed by atoms with Gasteiger partial charge in [0.2, 0.25) is 0 Å². The second-order valence-electron chi connectivity index (χ2n) is 3.39. The quantitative estimate of drug-likeness (QED) is 0.508. The van der Waals surface area contributed by atoms with E-state index in [0.29, 0.717) is 12.4 Å². The summed E-state index contributed by atoms with van der Waals surface area (Å²) in [4.78, 5) is 15.8. The molecule has 0 aliphatic heterocycles. The van der Waals surface area contributed by atoms with Crippen LogP contribution in [-0.2, 0) is 6.54 Å². The fourth-order valence-electron chi connectivity index (χ4n) is 1.31. The first-order valence-corrected chi connectivity index (χ1v) is 5.67. The number of halogens is 1. The zero-order valence-electron chi connectivity index (χ0n) is 9.55. The van der Waals surface area contributed by atoms with Crippen molar-refractivity contribution in [3.8, 4) is 0 Å². The zero-order valence-corrected chi connectivity index (χ0v) is 11.1. The Morgan fingerprint density at radius 2 is 2.41 bits per heavy atom. The van der Waals surface area contributed by atoms with E-state index in [4.69, 9.17) is 0 Å². The van der Waals surface area contributed by atoms with Gasteiger partial charge in [0.25, 0.3) is 6.20 Å². The monoisotopic (exact) mass is 300 g/mol. The van der Waals surface area contributed by atoms with Gasteiger partial charge in [0.15, 0.2) is 5.82 Å². The third-order valence-electron chi connectivity index (χ3n) is 2.10. The molecule has 0 atom stereocenters. The molecule has 0 fully saturated rings. The average molecular weight is 301 g/mol. The van der Waals surface area contributed by atoms with Crippen LogP contribution >= 0.6 is 15.9 Å². The van der Waals surface area contributed by atoms with E-state index in [1.165, 1.54) is 0 Å². The molecule has 1 aromatic rings. The van der Waals surface area contributed by atoms with Gasteiger partial charge in [-0.25, -0.2) is 4.98 Å². The number of hydrogen-bond acceptors (Lipinski definition) is 5. The highest BCUT2D eigenvalue weighted by Gasteiger charge is 2.08. The lowest BCUT2D eigenvalue weighted by atomic mass is 10.3. The van der Waals surface area contributed by atoms with Crippen LogP contribution in [0, 0.1) is 10.1 Å². The Labute approximate surface area is 108 Å². The molecule has 0 saturated heterocycles. The zero-order chi connectivity index (χ0) is 12.8. The highest BCUT2D eigenvalue weighted by molar-refractivity contribution is 9.10. The highest BCUT2D eigenvalue weighted by atomic mass is 79.9. The van der Waals surface area contributed by atoms with Gasteiger partial charge in [-0.15, -0.1) is 0 Å². The molecular formula is C10H13BrN4O2. The Balaban J connectivity index is 2.73. The second kappa shape index (κ2) is 6.19. The number of hydrogen-bond donors (Lipinski definition) is 1. The van der Waals surface area contributed by atoms with Gasteiger partial charge < -0.3 is 10.2 Å². The first-order chi connectivity index (χ1) is 8.02. The summed E-state index contributed by atoms with van der Waals surface area (Å²) in [6.45, 7) is 0.542. The SMILES string of the molecule is CNC(=C[N+](=O)[O-])N(C)Cc1ccc(Br)nc1. The third kappa shape index (κ3) is 4.39. The molecule has 1 aromatic heterocycles. The summed E-state index contributed by atoms with van der Waals surface area (Å²) in [5.41, 5.74) is 0.972. The minimum atomic E-state index is -0.484. The van der Waals surface area contributed by atoms with Crippen LogP contribution in [0.15, 0.2) is 35.0 Å². The van der Waals surface area contributed by atoms with E-state index in [1.807, 2.05) is 12.1 Å². The molecule has 1 rings (SSSR count). The molecule has 0 saturated carbocycles. The second-order valence-corrected chi connectivity index (χ2v) is 4.21. The number of pyridine rings is 1. The summed E-state index contributed by atoms with van der Waals surface area (Å²) in [7, 11) is 3.42. The molecule has 0 unspecified atom stereocenters. The van der Waals surface area contributed by atoms with E-state index < -0.39 is 4.92 Å². The molecular weight excluding hydrogens is 288 g/mol. The van der Waals surface area contributed by atoms with E-state index in [2.05, 4.69) is 26.2 Å². The summed E-state index contributed by atoms with van der Waals surface area (Å²) in [6, 6.07) is 3.74. The van der Waals surface area contributed by atoms with Crippen molar-refractivity contribution in [3.05, 3.63) is 50.6 Å². The maximum atomic E-state index is 10.4. The summed E-state index contributed by atoms with van der Waals surface area (Å²) < 4.78 is 0.763. The van der Waals surface area contributed by atoms with Crippen LogP contribution < -0.4 is 5.32 Å². The summed E-state index contributed by atoms with van der Waals surface area (Å²) in [5, 5.41) is 13.2. The Kier molecular flexibility index (Phi) is 4.89. The van der Waals surface area contributed by atoms with Gasteiger partial charge in [-0.3, -0.25) is 10.1 Å². The Hall–Kier alpha value is -1.63. The number of aromatic nitrogens is 1. The van der Waals surface area contributed by atoms with Crippen molar-refractivity contribution in [2.45, 2.75) is 6.54 Å². The van der Waals surface area contributed by atoms with Gasteiger partial charge in [0, 0.05) is 26.8 Å². The minimum Gasteiger partial charge on any atom is -0.370 e. The van der Waals surface area contributed by atoms with Crippen molar-refractivity contribution in [2.24, 2.45) is 0 Å². The van der Waals surface area contributed by atoms with E-state index in [0.717, 1.165) is 16.4 Å². The molecule has 0 aromatic carbocycles. The molecule has 1 heterocycles. The summed E-state index contributed by atoms with van der Waals surface area (Å²) >= 11 is 3.25. The maximum absolute atomic E-state index is 10.4. The third-order valence-corrected chi connectivity index (χ3v) is 2.57. The number of nitrogens with zero attached hydrogens (tertiary/aromatic N) is 3. The molecule has 0 bridgehead atoms. The largest absolute Gasteiger partial charge is 0.370 e. The highest BCUT2D eigenvalue weighted by Crippen LogP contribution is 2.09. The van der Waals surface area contributed by atoms with Gasteiger partial charge in [-0.1, -0.05) is 6.07 Å². The number of nitro groups is 1. The summed E-state index contributed by atoms with van der Waals surface area (Å²) in [5.74, 6) is 0.443. The van der Waals surface area contributed by atoms with Gasteiger partial charge >= 0.3 is 0 Å². The van der Waals surface area contributed by atoms with Gasteiger partial charge in [-0.2, -0.15) is 0 Å². The molecule has 17 heavy (non-hydrogen) atoms. The molecule has 0 aliphatic rings. The Morgan fingerprint density at radius 1 is 1.71 bits per heavy atom. The van der Waals surface area contributed by atoms with Crippen LogP contribution in [0.5, 0.6) is 0 Å². The first kappa shape index (κ1) is 13.4. The van der Waals surface area contributed by atoms with Crippen LogP contribution in [0.25, 0.3) is 0 Å². The smallest absolute Gasteiger partial charge is 0.274 e. The Morgan fingerprint density at radius 3 is 2.88 bits per heavy atom. The Bertz CT molecular complexity index is 419. The van der Waals surface area contributed by atoms with Crippen molar-refractivity contribution in [2.75, 3.05) is 14.1 Å². The minimum absolute atomic E-state index is 0.443. The van der Waals surface area contributed by atoms with Crippen LogP contribution in [0.3, 0.4) is 0 Å². The van der Waals surface area contributed by atoms with Crippen molar-refractivity contribution >= 4 is 15.9 Å². The first-order valence-electron chi connectivity index (χ1n) is 4.87. The molecule has 0 amide bonds. The lowest BCUT2D eigenvalue weighted by Crippen LogP contribution is -2.26. The van der Waals surface area contributed by atoms with Gasteiger partial charge in [0.05, 0.1) is 4.92 Å². The van der Waals surface area contributed by atoms with Crippen LogP contribution in [0.4, 0.5) is 0 Å². The van der Waals surface area contributed by atoms with Crippen molar-refractivity contribution in [1.82, 2.24) is 15.2 Å². The topological polar surface area (TPSA) is 71.3 Å². The molecule has 1 N–H and O–H groups in total. The average Bonchev–Trinajstić information content (AvgIpc) is 2.28. The summed E-state index contributed by atoms with van der Waals surface area (Å²) in [6.07, 6.45) is 2.66. The fraction of sp³-hybridized carbons (Fsp3) is 0.300. The van der Waals surface area contributed by atoms with E-state index in [1.54, 1.807) is 25.2 Å². The standard InChI is InChI=1S/C10H13BrN4O2/c1-12-10(7-15(16)17)14(2)6-8-3-4-9(11)13-5-8/h3-5,7,12H,6H2,1-2H3. The van der Waals surface area contributed by atoms with Crippen molar-refractivity contribution in [1.29, 1.82) is 0 Å². The molecule has 0 aliphatic carbocycles. The number of rotatable bonds is 5. The predicted molar refractivity (Wildman–Crippen MR) is 67.5 cm³/mol.